The zero-order valence-corrected chi connectivity index (χ0v) is 11.9. The van der Waals surface area contributed by atoms with E-state index >= 15 is 0 Å². The van der Waals surface area contributed by atoms with Crippen molar-refractivity contribution < 1.29 is 14.4 Å². The standard InChI is InChI=1S/C12H12N4O4S/c1-5-8(11(17)18)10(15-12(19)13-5)21-4-7-14-9(20-16-7)6-2-3-6/h6H,2-4H2,1H3,(H,17,18)(H,13,15,19). The number of hydrogen-bond donors (Lipinski definition) is 2. The number of hydrogen-bond acceptors (Lipinski definition) is 7. The van der Waals surface area contributed by atoms with E-state index in [0.29, 0.717) is 23.4 Å². The van der Waals surface area contributed by atoms with Crippen LogP contribution in [0.1, 0.15) is 46.5 Å². The molecule has 0 unspecified atom stereocenters. The number of aryl methyl sites for hydroxylation is 1. The summed E-state index contributed by atoms with van der Waals surface area (Å²) in [6, 6.07) is 0. The smallest absolute Gasteiger partial charge is 0.346 e. The van der Waals surface area contributed by atoms with E-state index in [1.54, 1.807) is 0 Å². The van der Waals surface area contributed by atoms with Gasteiger partial charge >= 0.3 is 11.7 Å². The molecule has 9 heteroatoms. The molecule has 1 aliphatic rings. The third kappa shape index (κ3) is 2.97. The fourth-order valence-corrected chi connectivity index (χ4v) is 2.79. The maximum atomic E-state index is 11.4. The van der Waals surface area contributed by atoms with Gasteiger partial charge in [0.25, 0.3) is 0 Å². The van der Waals surface area contributed by atoms with Crippen LogP contribution in [0, 0.1) is 6.92 Å². The molecule has 1 fully saturated rings. The van der Waals surface area contributed by atoms with Crippen LogP contribution in [-0.4, -0.2) is 31.2 Å². The minimum atomic E-state index is -1.13. The van der Waals surface area contributed by atoms with E-state index in [9.17, 15) is 14.7 Å². The first kappa shape index (κ1) is 13.8. The van der Waals surface area contributed by atoms with Gasteiger partial charge in [-0.25, -0.2) is 9.59 Å². The van der Waals surface area contributed by atoms with E-state index in [2.05, 4.69) is 20.1 Å². The lowest BCUT2D eigenvalue weighted by Crippen LogP contribution is -2.18. The third-order valence-corrected chi connectivity index (χ3v) is 4.02. The van der Waals surface area contributed by atoms with Gasteiger partial charge in [0.15, 0.2) is 5.82 Å². The maximum Gasteiger partial charge on any atom is 0.346 e. The van der Waals surface area contributed by atoms with Gasteiger partial charge in [0.1, 0.15) is 10.6 Å². The Morgan fingerprint density at radius 2 is 2.24 bits per heavy atom. The van der Waals surface area contributed by atoms with Crippen LogP contribution in [-0.2, 0) is 5.75 Å². The fraction of sp³-hybridized carbons (Fsp3) is 0.417. The molecular weight excluding hydrogens is 296 g/mol. The monoisotopic (exact) mass is 308 g/mol. The number of nitrogens with one attached hydrogen (secondary N) is 1. The molecular formula is C12H12N4O4S. The van der Waals surface area contributed by atoms with E-state index in [4.69, 9.17) is 4.52 Å². The van der Waals surface area contributed by atoms with Gasteiger partial charge in [-0.2, -0.15) is 9.97 Å². The number of carbonyl (C=O) groups is 1. The molecule has 2 heterocycles. The Bertz CT molecular complexity index is 750. The highest BCUT2D eigenvalue weighted by Crippen LogP contribution is 2.39. The number of aromatic nitrogens is 4. The van der Waals surface area contributed by atoms with Crippen molar-refractivity contribution in [2.75, 3.05) is 0 Å². The number of thioether (sulfide) groups is 1. The molecule has 1 aliphatic carbocycles. The Balaban J connectivity index is 1.80. The van der Waals surface area contributed by atoms with Gasteiger partial charge in [0.05, 0.1) is 5.75 Å². The highest BCUT2D eigenvalue weighted by atomic mass is 32.2. The van der Waals surface area contributed by atoms with Gasteiger partial charge in [-0.1, -0.05) is 16.9 Å². The van der Waals surface area contributed by atoms with E-state index in [1.807, 2.05) is 0 Å². The van der Waals surface area contributed by atoms with Crippen molar-refractivity contribution in [1.29, 1.82) is 0 Å². The minimum Gasteiger partial charge on any atom is -0.478 e. The highest BCUT2D eigenvalue weighted by Gasteiger charge is 2.29. The van der Waals surface area contributed by atoms with Crippen molar-refractivity contribution in [2.24, 2.45) is 0 Å². The number of carboxylic acid groups (broad SMARTS) is 1. The van der Waals surface area contributed by atoms with E-state index in [1.165, 1.54) is 6.92 Å². The van der Waals surface area contributed by atoms with E-state index in [0.717, 1.165) is 24.6 Å². The molecule has 0 saturated heterocycles. The predicted molar refractivity (Wildman–Crippen MR) is 72.4 cm³/mol. The van der Waals surface area contributed by atoms with E-state index < -0.39 is 11.7 Å². The second kappa shape index (κ2) is 5.32. The molecule has 1 saturated carbocycles. The number of aromatic amines is 1. The molecule has 21 heavy (non-hydrogen) atoms. The SMILES string of the molecule is Cc1[nH]c(=O)nc(SCc2noc(C3CC3)n2)c1C(=O)O. The van der Waals surface area contributed by atoms with Crippen molar-refractivity contribution in [3.8, 4) is 0 Å². The van der Waals surface area contributed by atoms with Crippen LogP contribution in [0.4, 0.5) is 0 Å². The number of rotatable bonds is 5. The minimum absolute atomic E-state index is 0.00879. The highest BCUT2D eigenvalue weighted by molar-refractivity contribution is 7.98. The van der Waals surface area contributed by atoms with Crippen molar-refractivity contribution in [2.45, 2.75) is 36.5 Å². The molecule has 0 aliphatic heterocycles. The number of carboxylic acids is 1. The van der Waals surface area contributed by atoms with E-state index in [-0.39, 0.29) is 16.3 Å². The van der Waals surface area contributed by atoms with Crippen LogP contribution in [0.2, 0.25) is 0 Å². The van der Waals surface area contributed by atoms with Gasteiger partial charge in [-0.15, -0.1) is 0 Å². The molecule has 2 aromatic heterocycles. The summed E-state index contributed by atoms with van der Waals surface area (Å²) in [6.45, 7) is 1.52. The summed E-state index contributed by atoms with van der Waals surface area (Å²) in [5.41, 5.74) is -0.311. The zero-order valence-electron chi connectivity index (χ0n) is 11.1. The summed E-state index contributed by atoms with van der Waals surface area (Å²) >= 11 is 1.11. The molecule has 8 nitrogen and oxygen atoms in total. The lowest BCUT2D eigenvalue weighted by Gasteiger charge is -2.05. The van der Waals surface area contributed by atoms with Crippen LogP contribution in [0.25, 0.3) is 0 Å². The van der Waals surface area contributed by atoms with Gasteiger partial charge in [-0.05, 0) is 19.8 Å². The molecule has 0 aromatic carbocycles. The quantitative estimate of drug-likeness (QED) is 0.626. The molecule has 0 radical (unpaired) electrons. The average molecular weight is 308 g/mol. The second-order valence-corrected chi connectivity index (χ2v) is 5.73. The molecule has 2 aromatic rings. The van der Waals surface area contributed by atoms with Gasteiger partial charge in [0, 0.05) is 11.6 Å². The first-order valence-corrected chi connectivity index (χ1v) is 7.32. The lowest BCUT2D eigenvalue weighted by molar-refractivity contribution is 0.0690. The summed E-state index contributed by atoms with van der Waals surface area (Å²) in [4.78, 5) is 32.9. The molecule has 3 rings (SSSR count). The Kier molecular flexibility index (Phi) is 3.50. The molecule has 0 amide bonds. The zero-order chi connectivity index (χ0) is 15.0. The summed E-state index contributed by atoms with van der Waals surface area (Å²) in [5, 5.41) is 13.2. The molecule has 0 spiro atoms. The molecule has 110 valence electrons. The van der Waals surface area contributed by atoms with Crippen LogP contribution in [0.3, 0.4) is 0 Å². The van der Waals surface area contributed by atoms with Crippen molar-refractivity contribution in [3.05, 3.63) is 33.5 Å². The van der Waals surface area contributed by atoms with Gasteiger partial charge < -0.3 is 14.6 Å². The number of H-pyrrole nitrogens is 1. The van der Waals surface area contributed by atoms with Gasteiger partial charge in [-0.3, -0.25) is 0 Å². The predicted octanol–water partition coefficient (Wildman–Crippen LogP) is 1.33. The number of aromatic carboxylic acids is 1. The summed E-state index contributed by atoms with van der Waals surface area (Å²) in [6.07, 6.45) is 2.12. The fourth-order valence-electron chi connectivity index (χ4n) is 1.87. The van der Waals surface area contributed by atoms with Crippen molar-refractivity contribution >= 4 is 17.7 Å². The van der Waals surface area contributed by atoms with Crippen molar-refractivity contribution in [3.63, 3.8) is 0 Å². The van der Waals surface area contributed by atoms with Crippen LogP contribution < -0.4 is 5.69 Å². The summed E-state index contributed by atoms with van der Waals surface area (Å²) in [7, 11) is 0. The Morgan fingerprint density at radius 1 is 1.48 bits per heavy atom. The summed E-state index contributed by atoms with van der Waals surface area (Å²) in [5.74, 6) is 0.625. The molecule has 2 N–H and O–H groups in total. The second-order valence-electron chi connectivity index (χ2n) is 4.76. The van der Waals surface area contributed by atoms with Crippen LogP contribution in [0.15, 0.2) is 14.3 Å². The normalized spacial score (nSPS) is 14.3. The third-order valence-electron chi connectivity index (χ3n) is 3.05. The first-order chi connectivity index (χ1) is 10.0. The first-order valence-electron chi connectivity index (χ1n) is 6.34. The Hall–Kier alpha value is -2.16. The van der Waals surface area contributed by atoms with Crippen LogP contribution in [0.5, 0.6) is 0 Å². The topological polar surface area (TPSA) is 122 Å². The van der Waals surface area contributed by atoms with Gasteiger partial charge in [0.2, 0.25) is 5.89 Å². The van der Waals surface area contributed by atoms with Crippen LogP contribution >= 0.6 is 11.8 Å². The average Bonchev–Trinajstić information content (AvgIpc) is 3.14. The molecule has 0 atom stereocenters. The Labute approximate surface area is 123 Å². The molecule has 0 bridgehead atoms. The Morgan fingerprint density at radius 3 is 2.90 bits per heavy atom. The number of nitrogens with zero attached hydrogens (tertiary/aromatic N) is 3. The van der Waals surface area contributed by atoms with Crippen molar-refractivity contribution in [1.82, 2.24) is 20.1 Å². The lowest BCUT2D eigenvalue weighted by atomic mass is 10.2. The maximum absolute atomic E-state index is 11.4. The largest absolute Gasteiger partial charge is 0.478 e. The summed E-state index contributed by atoms with van der Waals surface area (Å²) < 4.78 is 5.12.